The summed E-state index contributed by atoms with van der Waals surface area (Å²) in [4.78, 5) is 11.1. The summed E-state index contributed by atoms with van der Waals surface area (Å²) in [6.07, 6.45) is 0.709. The van der Waals surface area contributed by atoms with Crippen LogP contribution in [0.15, 0.2) is 36.4 Å². The number of aldehydes is 1. The summed E-state index contributed by atoms with van der Waals surface area (Å²) in [5.74, 6) is 2.09. The van der Waals surface area contributed by atoms with E-state index in [9.17, 15) is 4.79 Å². The highest BCUT2D eigenvalue weighted by molar-refractivity contribution is 5.78. The maximum Gasteiger partial charge on any atom is 0.204 e. The summed E-state index contributed by atoms with van der Waals surface area (Å²) < 4.78 is 17.0. The molecule has 0 aliphatic carbocycles. The molecular weight excluding hydrogens is 280 g/mol. The van der Waals surface area contributed by atoms with Gasteiger partial charge in [-0.15, -0.1) is 0 Å². The number of benzene rings is 2. The van der Waals surface area contributed by atoms with Crippen LogP contribution in [-0.2, 0) is 0 Å². The molecule has 2 aromatic rings. The van der Waals surface area contributed by atoms with Gasteiger partial charge in [-0.05, 0) is 45.0 Å². The first-order chi connectivity index (χ1) is 10.5. The van der Waals surface area contributed by atoms with E-state index < -0.39 is 0 Å². The van der Waals surface area contributed by atoms with Crippen LogP contribution in [0.2, 0.25) is 0 Å². The van der Waals surface area contributed by atoms with Crippen molar-refractivity contribution in [1.29, 1.82) is 0 Å². The van der Waals surface area contributed by atoms with Gasteiger partial charge in [0.25, 0.3) is 0 Å². The van der Waals surface area contributed by atoms with Gasteiger partial charge in [-0.2, -0.15) is 0 Å². The highest BCUT2D eigenvalue weighted by atomic mass is 16.5. The maximum atomic E-state index is 11.1. The lowest BCUT2D eigenvalue weighted by Gasteiger charge is -2.18. The molecule has 0 atom stereocenters. The Labute approximate surface area is 130 Å². The number of hydrogen-bond acceptors (Lipinski definition) is 4. The molecule has 0 heterocycles. The monoisotopic (exact) mass is 300 g/mol. The van der Waals surface area contributed by atoms with Gasteiger partial charge in [0, 0.05) is 5.56 Å². The average Bonchev–Trinajstić information content (AvgIpc) is 2.50. The molecule has 0 aliphatic heterocycles. The van der Waals surface area contributed by atoms with Crippen molar-refractivity contribution in [2.24, 2.45) is 0 Å². The number of rotatable bonds is 6. The minimum absolute atomic E-state index is 0.0450. The van der Waals surface area contributed by atoms with Crippen LogP contribution in [0.4, 0.5) is 0 Å². The van der Waals surface area contributed by atoms with Crippen molar-refractivity contribution >= 4 is 6.29 Å². The second-order valence-corrected chi connectivity index (χ2v) is 5.25. The first kappa shape index (κ1) is 15.9. The Balaban J connectivity index is 2.45. The topological polar surface area (TPSA) is 44.8 Å². The lowest BCUT2D eigenvalue weighted by atomic mass is 10.2. The van der Waals surface area contributed by atoms with Gasteiger partial charge in [0.2, 0.25) is 5.75 Å². The second-order valence-electron chi connectivity index (χ2n) is 5.25. The summed E-state index contributed by atoms with van der Waals surface area (Å²) in [6.45, 7) is 5.85. The quantitative estimate of drug-likeness (QED) is 0.742. The van der Waals surface area contributed by atoms with Crippen LogP contribution >= 0.6 is 0 Å². The summed E-state index contributed by atoms with van der Waals surface area (Å²) in [5, 5.41) is 0. The molecule has 116 valence electrons. The van der Waals surface area contributed by atoms with Crippen molar-refractivity contribution < 1.29 is 19.0 Å². The van der Waals surface area contributed by atoms with E-state index in [0.717, 1.165) is 11.8 Å². The highest BCUT2D eigenvalue weighted by Crippen LogP contribution is 2.41. The van der Waals surface area contributed by atoms with Gasteiger partial charge in [0.05, 0.1) is 13.2 Å². The van der Waals surface area contributed by atoms with Crippen LogP contribution in [0, 0.1) is 6.92 Å². The largest absolute Gasteiger partial charge is 0.493 e. The van der Waals surface area contributed by atoms with Crippen molar-refractivity contribution in [3.63, 3.8) is 0 Å². The van der Waals surface area contributed by atoms with E-state index >= 15 is 0 Å². The third-order valence-corrected chi connectivity index (χ3v) is 3.00. The lowest BCUT2D eigenvalue weighted by molar-refractivity contribution is 0.112. The van der Waals surface area contributed by atoms with E-state index in [1.165, 1.54) is 7.11 Å². The van der Waals surface area contributed by atoms with Crippen LogP contribution in [0.3, 0.4) is 0 Å². The number of methoxy groups -OCH3 is 1. The van der Waals surface area contributed by atoms with Crippen LogP contribution in [0.1, 0.15) is 29.8 Å². The van der Waals surface area contributed by atoms with Crippen molar-refractivity contribution in [2.75, 3.05) is 7.11 Å². The first-order valence-corrected chi connectivity index (χ1v) is 7.12. The number of aryl methyl sites for hydroxylation is 1. The van der Waals surface area contributed by atoms with E-state index in [-0.39, 0.29) is 6.10 Å². The highest BCUT2D eigenvalue weighted by Gasteiger charge is 2.16. The Morgan fingerprint density at radius 1 is 1.05 bits per heavy atom. The van der Waals surface area contributed by atoms with E-state index in [4.69, 9.17) is 14.2 Å². The van der Waals surface area contributed by atoms with Crippen LogP contribution in [0.5, 0.6) is 23.0 Å². The zero-order valence-corrected chi connectivity index (χ0v) is 13.3. The zero-order valence-electron chi connectivity index (χ0n) is 13.3. The molecule has 0 bridgehead atoms. The Bertz CT molecular complexity index is 645. The van der Waals surface area contributed by atoms with Crippen molar-refractivity contribution in [1.82, 2.24) is 0 Å². The van der Waals surface area contributed by atoms with Crippen LogP contribution < -0.4 is 14.2 Å². The normalized spacial score (nSPS) is 10.4. The molecule has 0 aliphatic rings. The van der Waals surface area contributed by atoms with Gasteiger partial charge in [0.1, 0.15) is 12.0 Å². The predicted octanol–water partition coefficient (Wildman–Crippen LogP) is 4.40. The SMILES string of the molecule is COc1cc(C=O)cc(Oc2ccc(C)cc2)c1OC(C)C. The fraction of sp³-hybridized carbons (Fsp3) is 0.278. The molecule has 0 saturated heterocycles. The van der Waals surface area contributed by atoms with Crippen LogP contribution in [0.25, 0.3) is 0 Å². The molecule has 2 aromatic carbocycles. The molecule has 2 rings (SSSR count). The summed E-state index contributed by atoms with van der Waals surface area (Å²) in [5.41, 5.74) is 1.61. The molecule has 0 saturated carbocycles. The van der Waals surface area contributed by atoms with Gasteiger partial charge < -0.3 is 14.2 Å². The van der Waals surface area contributed by atoms with Crippen molar-refractivity contribution in [3.05, 3.63) is 47.5 Å². The molecule has 22 heavy (non-hydrogen) atoms. The fourth-order valence-corrected chi connectivity index (χ4v) is 1.98. The average molecular weight is 300 g/mol. The molecular formula is C18H20O4. The lowest BCUT2D eigenvalue weighted by Crippen LogP contribution is -2.08. The smallest absolute Gasteiger partial charge is 0.204 e. The molecule has 4 nitrogen and oxygen atoms in total. The zero-order chi connectivity index (χ0) is 16.1. The third-order valence-electron chi connectivity index (χ3n) is 3.00. The predicted molar refractivity (Wildman–Crippen MR) is 85.4 cm³/mol. The Hall–Kier alpha value is -2.49. The number of ether oxygens (including phenoxy) is 3. The van der Waals surface area contributed by atoms with Crippen molar-refractivity contribution in [3.8, 4) is 23.0 Å². The third kappa shape index (κ3) is 3.79. The van der Waals surface area contributed by atoms with E-state index in [1.807, 2.05) is 45.0 Å². The molecule has 0 N–H and O–H groups in total. The van der Waals surface area contributed by atoms with Gasteiger partial charge in [-0.25, -0.2) is 0 Å². The van der Waals surface area contributed by atoms with E-state index in [1.54, 1.807) is 12.1 Å². The second kappa shape index (κ2) is 6.98. The summed E-state index contributed by atoms with van der Waals surface area (Å²) in [7, 11) is 1.53. The Morgan fingerprint density at radius 3 is 2.23 bits per heavy atom. The molecule has 0 aromatic heterocycles. The number of hydrogen-bond donors (Lipinski definition) is 0. The van der Waals surface area contributed by atoms with E-state index in [2.05, 4.69) is 0 Å². The fourth-order valence-electron chi connectivity index (χ4n) is 1.98. The minimum atomic E-state index is -0.0450. The standard InChI is InChI=1S/C18H20O4/c1-12(2)21-18-16(20-4)9-14(11-19)10-17(18)22-15-7-5-13(3)6-8-15/h5-12H,1-4H3. The molecule has 0 fully saturated rings. The van der Waals surface area contributed by atoms with Crippen molar-refractivity contribution in [2.45, 2.75) is 26.9 Å². The molecule has 4 heteroatoms. The minimum Gasteiger partial charge on any atom is -0.493 e. The molecule has 0 radical (unpaired) electrons. The van der Waals surface area contributed by atoms with Gasteiger partial charge >= 0.3 is 0 Å². The Kier molecular flexibility index (Phi) is 5.04. The van der Waals surface area contributed by atoms with Gasteiger partial charge in [-0.3, -0.25) is 4.79 Å². The molecule has 0 spiro atoms. The molecule has 0 unspecified atom stereocenters. The van der Waals surface area contributed by atoms with E-state index in [0.29, 0.717) is 28.6 Å². The summed E-state index contributed by atoms with van der Waals surface area (Å²) in [6, 6.07) is 10.9. The van der Waals surface area contributed by atoms with Crippen LogP contribution in [-0.4, -0.2) is 19.5 Å². The molecule has 0 amide bonds. The van der Waals surface area contributed by atoms with Gasteiger partial charge in [-0.1, -0.05) is 17.7 Å². The van der Waals surface area contributed by atoms with Gasteiger partial charge in [0.15, 0.2) is 11.5 Å². The summed E-state index contributed by atoms with van der Waals surface area (Å²) >= 11 is 0. The maximum absolute atomic E-state index is 11.1. The number of carbonyl (C=O) groups is 1. The first-order valence-electron chi connectivity index (χ1n) is 7.12. The Morgan fingerprint density at radius 2 is 1.68 bits per heavy atom. The number of carbonyl (C=O) groups excluding carboxylic acids is 1.